The van der Waals surface area contributed by atoms with E-state index in [1.165, 1.54) is 0 Å². The Kier molecular flexibility index (Phi) is 4.24. The van der Waals surface area contributed by atoms with Crippen LogP contribution in [0.3, 0.4) is 0 Å². The van der Waals surface area contributed by atoms with E-state index in [2.05, 4.69) is 18.8 Å². The maximum atomic E-state index is 12.1. The summed E-state index contributed by atoms with van der Waals surface area (Å²) in [5.41, 5.74) is 5.76. The van der Waals surface area contributed by atoms with Gasteiger partial charge in [-0.15, -0.1) is 0 Å². The summed E-state index contributed by atoms with van der Waals surface area (Å²) in [5.74, 6) is 0.573. The van der Waals surface area contributed by atoms with Gasteiger partial charge in [0, 0.05) is 18.9 Å². The van der Waals surface area contributed by atoms with E-state index in [-0.39, 0.29) is 17.0 Å². The monoisotopic (exact) mass is 265 g/mol. The van der Waals surface area contributed by atoms with Crippen molar-refractivity contribution in [3.8, 4) is 5.88 Å². The quantitative estimate of drug-likeness (QED) is 0.877. The van der Waals surface area contributed by atoms with Gasteiger partial charge in [-0.25, -0.2) is 4.98 Å². The van der Waals surface area contributed by atoms with Crippen molar-refractivity contribution in [1.82, 2.24) is 9.55 Å². The molecular weight excluding hydrogens is 242 g/mol. The average Bonchev–Trinajstić information content (AvgIpc) is 2.77. The summed E-state index contributed by atoms with van der Waals surface area (Å²) in [4.78, 5) is 16.2. The minimum Gasteiger partial charge on any atom is -0.472 e. The number of aromatic nitrogens is 2. The Morgan fingerprint density at radius 2 is 2.16 bits per heavy atom. The topological polar surface area (TPSA) is 70.1 Å². The summed E-state index contributed by atoms with van der Waals surface area (Å²) in [7, 11) is 0. The normalized spacial score (nSPS) is 17.9. The molecule has 0 bridgehead atoms. The van der Waals surface area contributed by atoms with Crippen LogP contribution in [0.25, 0.3) is 0 Å². The molecule has 19 heavy (non-hydrogen) atoms. The smallest absolute Gasteiger partial charge is 0.313 e. The number of rotatable bonds is 5. The van der Waals surface area contributed by atoms with Gasteiger partial charge in [-0.05, 0) is 18.8 Å². The zero-order chi connectivity index (χ0) is 13.9. The molecule has 2 rings (SSSR count). The third kappa shape index (κ3) is 3.56. The van der Waals surface area contributed by atoms with Crippen molar-refractivity contribution in [1.29, 1.82) is 0 Å². The van der Waals surface area contributed by atoms with Crippen LogP contribution in [0, 0.1) is 5.92 Å². The van der Waals surface area contributed by atoms with Crippen molar-refractivity contribution < 1.29 is 4.74 Å². The van der Waals surface area contributed by atoms with E-state index in [0.29, 0.717) is 19.1 Å². The van der Waals surface area contributed by atoms with E-state index in [1.54, 1.807) is 17.0 Å². The van der Waals surface area contributed by atoms with Crippen LogP contribution < -0.4 is 16.0 Å². The van der Waals surface area contributed by atoms with Crippen LogP contribution in [-0.2, 0) is 6.54 Å². The highest BCUT2D eigenvalue weighted by Crippen LogP contribution is 2.27. The average molecular weight is 265 g/mol. The second-order valence-corrected chi connectivity index (χ2v) is 5.94. The molecule has 1 aromatic heterocycles. The standard InChI is InChI=1S/C14H23N3O2/c1-11(2)9-17-8-7-16-12(13(17)18)19-10-14(15)5-3-4-6-14/h7-8,11H,3-6,9-10,15H2,1-2H3. The number of nitrogens with zero attached hydrogens (tertiary/aromatic N) is 2. The van der Waals surface area contributed by atoms with Gasteiger partial charge >= 0.3 is 5.56 Å². The summed E-state index contributed by atoms with van der Waals surface area (Å²) in [5, 5.41) is 0. The van der Waals surface area contributed by atoms with Gasteiger partial charge in [-0.3, -0.25) is 4.79 Å². The van der Waals surface area contributed by atoms with Gasteiger partial charge in [0.2, 0.25) is 0 Å². The molecule has 0 aliphatic heterocycles. The molecule has 1 aliphatic carbocycles. The maximum absolute atomic E-state index is 12.1. The number of hydrogen-bond donors (Lipinski definition) is 1. The Balaban J connectivity index is 2.06. The SMILES string of the molecule is CC(C)Cn1ccnc(OCC2(N)CCCC2)c1=O. The van der Waals surface area contributed by atoms with Crippen LogP contribution in [0.2, 0.25) is 0 Å². The fraction of sp³-hybridized carbons (Fsp3) is 0.714. The van der Waals surface area contributed by atoms with Gasteiger partial charge in [0.05, 0.1) is 5.54 Å². The van der Waals surface area contributed by atoms with Gasteiger partial charge < -0.3 is 15.0 Å². The number of hydrogen-bond acceptors (Lipinski definition) is 4. The predicted molar refractivity (Wildman–Crippen MR) is 74.2 cm³/mol. The third-order valence-corrected chi connectivity index (χ3v) is 3.54. The molecule has 0 aromatic carbocycles. The first-order valence-electron chi connectivity index (χ1n) is 6.97. The Labute approximate surface area is 113 Å². The van der Waals surface area contributed by atoms with E-state index in [1.807, 2.05) is 0 Å². The second kappa shape index (κ2) is 5.74. The Morgan fingerprint density at radius 1 is 1.47 bits per heavy atom. The lowest BCUT2D eigenvalue weighted by Crippen LogP contribution is -2.43. The molecule has 5 nitrogen and oxygen atoms in total. The van der Waals surface area contributed by atoms with E-state index >= 15 is 0 Å². The molecule has 106 valence electrons. The van der Waals surface area contributed by atoms with E-state index < -0.39 is 0 Å². The first kappa shape index (κ1) is 14.1. The van der Waals surface area contributed by atoms with Crippen molar-refractivity contribution in [3.05, 3.63) is 22.7 Å². The molecule has 0 atom stereocenters. The zero-order valence-electron chi connectivity index (χ0n) is 11.8. The van der Waals surface area contributed by atoms with Crippen LogP contribution in [0.5, 0.6) is 5.88 Å². The van der Waals surface area contributed by atoms with E-state index in [0.717, 1.165) is 25.7 Å². The van der Waals surface area contributed by atoms with Crippen LogP contribution in [0.4, 0.5) is 0 Å². The van der Waals surface area contributed by atoms with Gasteiger partial charge in [0.25, 0.3) is 5.88 Å². The van der Waals surface area contributed by atoms with Crippen LogP contribution in [0.1, 0.15) is 39.5 Å². The minimum absolute atomic E-state index is 0.167. The first-order chi connectivity index (χ1) is 9.00. The zero-order valence-corrected chi connectivity index (χ0v) is 11.8. The third-order valence-electron chi connectivity index (χ3n) is 3.54. The Bertz CT molecular complexity index is 476. The predicted octanol–water partition coefficient (Wildman–Crippen LogP) is 1.55. The molecule has 0 unspecified atom stereocenters. The van der Waals surface area contributed by atoms with Crippen LogP contribution in [0.15, 0.2) is 17.2 Å². The molecule has 0 radical (unpaired) electrons. The summed E-state index contributed by atoms with van der Waals surface area (Å²) < 4.78 is 7.22. The molecule has 1 aromatic rings. The fourth-order valence-electron chi connectivity index (χ4n) is 2.50. The molecule has 0 amide bonds. The maximum Gasteiger partial charge on any atom is 0.313 e. The van der Waals surface area contributed by atoms with Crippen molar-refractivity contribution in [2.24, 2.45) is 11.7 Å². The van der Waals surface area contributed by atoms with Gasteiger partial charge in [-0.1, -0.05) is 26.7 Å². The van der Waals surface area contributed by atoms with E-state index in [9.17, 15) is 4.79 Å². The molecule has 2 N–H and O–H groups in total. The second-order valence-electron chi connectivity index (χ2n) is 5.94. The van der Waals surface area contributed by atoms with Crippen molar-refractivity contribution >= 4 is 0 Å². The number of nitrogens with two attached hydrogens (primary N) is 1. The summed E-state index contributed by atoms with van der Waals surface area (Å²) in [6, 6.07) is 0. The Morgan fingerprint density at radius 3 is 2.79 bits per heavy atom. The minimum atomic E-state index is -0.285. The van der Waals surface area contributed by atoms with Crippen LogP contribution in [-0.4, -0.2) is 21.7 Å². The van der Waals surface area contributed by atoms with Gasteiger partial charge in [-0.2, -0.15) is 0 Å². The Hall–Kier alpha value is -1.36. The molecule has 1 saturated carbocycles. The molecule has 1 aliphatic rings. The van der Waals surface area contributed by atoms with Crippen LogP contribution >= 0.6 is 0 Å². The lowest BCUT2D eigenvalue weighted by Gasteiger charge is -2.23. The molecule has 1 fully saturated rings. The highest BCUT2D eigenvalue weighted by molar-refractivity contribution is 5.05. The van der Waals surface area contributed by atoms with E-state index in [4.69, 9.17) is 10.5 Å². The molecule has 0 saturated heterocycles. The van der Waals surface area contributed by atoms with Crippen molar-refractivity contribution in [2.75, 3.05) is 6.61 Å². The molecule has 5 heteroatoms. The summed E-state index contributed by atoms with van der Waals surface area (Å²) in [6.07, 6.45) is 7.50. The van der Waals surface area contributed by atoms with Gasteiger partial charge in [0.1, 0.15) is 6.61 Å². The summed E-state index contributed by atoms with van der Waals surface area (Å²) in [6.45, 7) is 5.19. The highest BCUT2D eigenvalue weighted by Gasteiger charge is 2.30. The van der Waals surface area contributed by atoms with Crippen molar-refractivity contribution in [2.45, 2.75) is 51.6 Å². The molecule has 1 heterocycles. The first-order valence-corrected chi connectivity index (χ1v) is 6.97. The van der Waals surface area contributed by atoms with Crippen molar-refractivity contribution in [3.63, 3.8) is 0 Å². The number of ether oxygens (including phenoxy) is 1. The molecular formula is C14H23N3O2. The highest BCUT2D eigenvalue weighted by atomic mass is 16.5. The lowest BCUT2D eigenvalue weighted by molar-refractivity contribution is 0.209. The largest absolute Gasteiger partial charge is 0.472 e. The fourth-order valence-corrected chi connectivity index (χ4v) is 2.50. The lowest BCUT2D eigenvalue weighted by atomic mass is 10.0. The summed E-state index contributed by atoms with van der Waals surface area (Å²) >= 11 is 0. The van der Waals surface area contributed by atoms with Gasteiger partial charge in [0.15, 0.2) is 0 Å². The molecule has 0 spiro atoms.